The summed E-state index contributed by atoms with van der Waals surface area (Å²) >= 11 is 2.21. The zero-order valence-corrected chi connectivity index (χ0v) is 14.1. The molecule has 0 fully saturated rings. The predicted molar refractivity (Wildman–Crippen MR) is 88.2 cm³/mol. The number of rotatable bonds is 6. The molecule has 0 saturated carbocycles. The Bertz CT molecular complexity index is 501. The molecule has 0 spiro atoms. The van der Waals surface area contributed by atoms with E-state index in [1.165, 1.54) is 0 Å². The number of carbonyl (C=O) groups excluding carboxylic acids is 1. The van der Waals surface area contributed by atoms with Gasteiger partial charge in [0.15, 0.2) is 0 Å². The van der Waals surface area contributed by atoms with Gasteiger partial charge in [-0.3, -0.25) is 4.79 Å². The number of hydrogen-bond donors (Lipinski definition) is 1. The van der Waals surface area contributed by atoms with E-state index in [9.17, 15) is 4.79 Å². The summed E-state index contributed by atoms with van der Waals surface area (Å²) in [5.41, 5.74) is 7.05. The first kappa shape index (κ1) is 15.6. The van der Waals surface area contributed by atoms with Crippen molar-refractivity contribution in [3.63, 3.8) is 0 Å². The molecule has 0 radical (unpaired) electrons. The standard InChI is InChI=1S/C15H21IN2O2/c1-3-18(4-2)6-5-12-8-10-7-11(16)9-13(15(17)19)14(10)20-12/h7,9,12H,3-6,8H2,1-2H3,(H2,17,19). The summed E-state index contributed by atoms with van der Waals surface area (Å²) in [6.07, 6.45) is 2.00. The summed E-state index contributed by atoms with van der Waals surface area (Å²) in [7, 11) is 0. The molecule has 1 aliphatic rings. The average molecular weight is 388 g/mol. The van der Waals surface area contributed by atoms with E-state index in [4.69, 9.17) is 10.5 Å². The molecular weight excluding hydrogens is 367 g/mol. The van der Waals surface area contributed by atoms with Crippen molar-refractivity contribution in [3.05, 3.63) is 26.8 Å². The highest BCUT2D eigenvalue weighted by atomic mass is 127. The molecule has 1 heterocycles. The molecule has 0 aliphatic carbocycles. The van der Waals surface area contributed by atoms with Crippen molar-refractivity contribution in [2.24, 2.45) is 5.73 Å². The van der Waals surface area contributed by atoms with Gasteiger partial charge < -0.3 is 15.4 Å². The van der Waals surface area contributed by atoms with Gasteiger partial charge in [-0.05, 0) is 59.8 Å². The van der Waals surface area contributed by atoms with E-state index in [1.807, 2.05) is 0 Å². The summed E-state index contributed by atoms with van der Waals surface area (Å²) in [4.78, 5) is 13.9. The molecule has 1 aromatic carbocycles. The molecule has 2 rings (SSSR count). The largest absolute Gasteiger partial charge is 0.489 e. The fourth-order valence-corrected chi connectivity index (χ4v) is 3.29. The molecule has 1 aromatic rings. The Morgan fingerprint density at radius 3 is 2.75 bits per heavy atom. The molecule has 110 valence electrons. The minimum absolute atomic E-state index is 0.155. The van der Waals surface area contributed by atoms with Crippen molar-refractivity contribution >= 4 is 28.5 Å². The van der Waals surface area contributed by atoms with Gasteiger partial charge in [0.25, 0.3) is 5.91 Å². The molecule has 1 atom stereocenters. The number of nitrogens with zero attached hydrogens (tertiary/aromatic N) is 1. The fourth-order valence-electron chi connectivity index (χ4n) is 2.60. The number of hydrogen-bond acceptors (Lipinski definition) is 3. The van der Waals surface area contributed by atoms with E-state index in [0.29, 0.717) is 11.3 Å². The summed E-state index contributed by atoms with van der Waals surface area (Å²) in [5.74, 6) is 0.284. The second-order valence-electron chi connectivity index (χ2n) is 5.07. The van der Waals surface area contributed by atoms with Gasteiger partial charge in [0, 0.05) is 16.5 Å². The van der Waals surface area contributed by atoms with Crippen LogP contribution < -0.4 is 10.5 Å². The maximum atomic E-state index is 11.5. The number of amides is 1. The molecule has 1 unspecified atom stereocenters. The average Bonchev–Trinajstić information content (AvgIpc) is 2.81. The highest BCUT2D eigenvalue weighted by Crippen LogP contribution is 2.35. The number of fused-ring (bicyclic) bond motifs is 1. The van der Waals surface area contributed by atoms with Crippen LogP contribution in [0.3, 0.4) is 0 Å². The molecule has 2 N–H and O–H groups in total. The van der Waals surface area contributed by atoms with Gasteiger partial charge in [-0.1, -0.05) is 13.8 Å². The first-order valence-electron chi connectivity index (χ1n) is 7.06. The Kier molecular flexibility index (Phi) is 5.26. The van der Waals surface area contributed by atoms with E-state index >= 15 is 0 Å². The lowest BCUT2D eigenvalue weighted by molar-refractivity contribution is 0.0994. The van der Waals surface area contributed by atoms with Crippen LogP contribution in [-0.2, 0) is 6.42 Å². The van der Waals surface area contributed by atoms with Gasteiger partial charge in [0.1, 0.15) is 11.9 Å². The molecule has 4 nitrogen and oxygen atoms in total. The summed E-state index contributed by atoms with van der Waals surface area (Å²) in [6, 6.07) is 3.88. The number of halogens is 1. The highest BCUT2D eigenvalue weighted by molar-refractivity contribution is 14.1. The van der Waals surface area contributed by atoms with E-state index in [0.717, 1.165) is 41.6 Å². The van der Waals surface area contributed by atoms with Crippen LogP contribution in [0.2, 0.25) is 0 Å². The van der Waals surface area contributed by atoms with Gasteiger partial charge in [0.2, 0.25) is 0 Å². The number of primary amides is 1. The lowest BCUT2D eigenvalue weighted by Crippen LogP contribution is -2.28. The fraction of sp³-hybridized carbons (Fsp3) is 0.533. The third-order valence-electron chi connectivity index (χ3n) is 3.79. The lowest BCUT2D eigenvalue weighted by Gasteiger charge is -2.20. The minimum atomic E-state index is -0.413. The zero-order valence-electron chi connectivity index (χ0n) is 12.0. The van der Waals surface area contributed by atoms with Crippen LogP contribution in [0.15, 0.2) is 12.1 Å². The van der Waals surface area contributed by atoms with E-state index < -0.39 is 5.91 Å². The molecule has 0 bridgehead atoms. The number of benzene rings is 1. The van der Waals surface area contributed by atoms with Crippen molar-refractivity contribution < 1.29 is 9.53 Å². The smallest absolute Gasteiger partial charge is 0.252 e. The van der Waals surface area contributed by atoms with Crippen LogP contribution >= 0.6 is 22.6 Å². The van der Waals surface area contributed by atoms with Gasteiger partial charge >= 0.3 is 0 Å². The van der Waals surface area contributed by atoms with Crippen LogP contribution in [0.4, 0.5) is 0 Å². The van der Waals surface area contributed by atoms with Crippen molar-refractivity contribution in [1.82, 2.24) is 4.90 Å². The number of nitrogens with two attached hydrogens (primary N) is 1. The number of carbonyl (C=O) groups is 1. The Labute approximate surface area is 133 Å². The monoisotopic (exact) mass is 388 g/mol. The van der Waals surface area contributed by atoms with Crippen LogP contribution in [0, 0.1) is 3.57 Å². The second-order valence-corrected chi connectivity index (χ2v) is 6.31. The van der Waals surface area contributed by atoms with E-state index in [-0.39, 0.29) is 6.10 Å². The third-order valence-corrected chi connectivity index (χ3v) is 4.41. The first-order valence-corrected chi connectivity index (χ1v) is 8.14. The van der Waals surface area contributed by atoms with Gasteiger partial charge in [0.05, 0.1) is 5.56 Å². The normalized spacial score (nSPS) is 17.1. The molecule has 0 saturated heterocycles. The summed E-state index contributed by atoms with van der Waals surface area (Å²) < 4.78 is 6.99. The van der Waals surface area contributed by atoms with Crippen molar-refractivity contribution in [1.29, 1.82) is 0 Å². The zero-order chi connectivity index (χ0) is 14.7. The minimum Gasteiger partial charge on any atom is -0.489 e. The lowest BCUT2D eigenvalue weighted by atomic mass is 10.0. The molecule has 20 heavy (non-hydrogen) atoms. The SMILES string of the molecule is CCN(CC)CCC1Cc2cc(I)cc(C(N)=O)c2O1. The van der Waals surface area contributed by atoms with Crippen LogP contribution in [0.25, 0.3) is 0 Å². The summed E-state index contributed by atoms with van der Waals surface area (Å²) in [5, 5.41) is 0. The van der Waals surface area contributed by atoms with Gasteiger partial charge in [-0.2, -0.15) is 0 Å². The van der Waals surface area contributed by atoms with Crippen LogP contribution in [0.5, 0.6) is 5.75 Å². The third kappa shape index (κ3) is 3.44. The maximum absolute atomic E-state index is 11.5. The summed E-state index contributed by atoms with van der Waals surface area (Å²) in [6.45, 7) is 7.47. The Morgan fingerprint density at radius 2 is 2.15 bits per heavy atom. The first-order chi connectivity index (χ1) is 9.55. The molecule has 0 aromatic heterocycles. The Balaban J connectivity index is 2.07. The van der Waals surface area contributed by atoms with E-state index in [2.05, 4.69) is 47.4 Å². The van der Waals surface area contributed by atoms with Crippen LogP contribution in [-0.4, -0.2) is 36.5 Å². The molecule has 1 amide bonds. The van der Waals surface area contributed by atoms with E-state index in [1.54, 1.807) is 6.07 Å². The maximum Gasteiger partial charge on any atom is 0.252 e. The molecule has 5 heteroatoms. The molecule has 1 aliphatic heterocycles. The Morgan fingerprint density at radius 1 is 1.45 bits per heavy atom. The topological polar surface area (TPSA) is 55.6 Å². The van der Waals surface area contributed by atoms with Gasteiger partial charge in [-0.25, -0.2) is 0 Å². The van der Waals surface area contributed by atoms with Crippen LogP contribution in [0.1, 0.15) is 36.2 Å². The van der Waals surface area contributed by atoms with Gasteiger partial charge in [-0.15, -0.1) is 0 Å². The highest BCUT2D eigenvalue weighted by Gasteiger charge is 2.27. The number of ether oxygens (including phenoxy) is 1. The second kappa shape index (κ2) is 6.76. The van der Waals surface area contributed by atoms with Crippen molar-refractivity contribution in [2.45, 2.75) is 32.8 Å². The van der Waals surface area contributed by atoms with Crippen molar-refractivity contribution in [3.8, 4) is 5.75 Å². The van der Waals surface area contributed by atoms with Crippen molar-refractivity contribution in [2.75, 3.05) is 19.6 Å². The quantitative estimate of drug-likeness (QED) is 0.762. The Hall–Kier alpha value is -0.820. The molecular formula is C15H21IN2O2. The predicted octanol–water partition coefficient (Wildman–Crippen LogP) is 2.43.